The minimum absolute atomic E-state index is 0.0487. The lowest BCUT2D eigenvalue weighted by Gasteiger charge is -2.23. The maximum absolute atomic E-state index is 13.1. The number of hydrogen-bond acceptors (Lipinski definition) is 6. The van der Waals surface area contributed by atoms with E-state index in [0.717, 1.165) is 0 Å². The van der Waals surface area contributed by atoms with Crippen molar-refractivity contribution in [2.24, 2.45) is 11.3 Å². The lowest BCUT2D eigenvalue weighted by molar-refractivity contribution is -0.173. The summed E-state index contributed by atoms with van der Waals surface area (Å²) in [4.78, 5) is 10.7. The van der Waals surface area contributed by atoms with E-state index in [1.807, 2.05) is 27.7 Å². The Labute approximate surface area is 221 Å². The first-order valence-corrected chi connectivity index (χ1v) is 14.7. The predicted molar refractivity (Wildman–Crippen MR) is 142 cm³/mol. The highest BCUT2D eigenvalue weighted by Gasteiger charge is 2.38. The number of carbonyl (C=O) groups excluding carboxylic acids is 1. The summed E-state index contributed by atoms with van der Waals surface area (Å²) < 4.78 is 93.5. The van der Waals surface area contributed by atoms with E-state index in [-0.39, 0.29) is 39.0 Å². The number of sulfonamides is 2. The van der Waals surface area contributed by atoms with Crippen LogP contribution in [0.4, 0.5) is 30.2 Å². The molecule has 9 nitrogen and oxygen atoms in total. The van der Waals surface area contributed by atoms with Crippen molar-refractivity contribution >= 4 is 43.0 Å². The minimum atomic E-state index is -5.06. The number of anilines is 3. The fourth-order valence-corrected chi connectivity index (χ4v) is 6.77. The third kappa shape index (κ3) is 9.39. The van der Waals surface area contributed by atoms with Gasteiger partial charge in [0.25, 0.3) is 10.0 Å². The molecule has 1 unspecified atom stereocenters. The number of rotatable bonds is 10. The fourth-order valence-electron chi connectivity index (χ4n) is 3.95. The van der Waals surface area contributed by atoms with E-state index in [2.05, 4.69) is 14.9 Å². The largest absolute Gasteiger partial charge is 0.472 e. The van der Waals surface area contributed by atoms with Crippen molar-refractivity contribution in [1.29, 1.82) is 0 Å². The normalized spacial score (nSPS) is 13.5. The van der Waals surface area contributed by atoms with Gasteiger partial charge in [-0.25, -0.2) is 16.8 Å². The molecule has 0 heterocycles. The zero-order valence-electron chi connectivity index (χ0n) is 21.9. The van der Waals surface area contributed by atoms with Gasteiger partial charge in [0.05, 0.1) is 22.0 Å². The number of hydrazine groups is 1. The Bertz CT molecular complexity index is 1370. The molecule has 0 aliphatic rings. The van der Waals surface area contributed by atoms with Crippen LogP contribution in [-0.2, 0) is 24.8 Å². The van der Waals surface area contributed by atoms with Gasteiger partial charge in [-0.15, -0.1) is 0 Å². The maximum Gasteiger partial charge on any atom is 0.472 e. The number of alkyl halides is 3. The van der Waals surface area contributed by atoms with E-state index in [1.165, 1.54) is 35.8 Å². The SMILES string of the molecule is Cc1cc(C)c(S(=O)(=O)Nc2ccc(NNC(=O)C(F)(F)F)cc2)cc1NS(=O)(=O)CC(C)CC(C)(C)C. The van der Waals surface area contributed by atoms with Gasteiger partial charge in [-0.3, -0.25) is 25.1 Å². The molecule has 212 valence electrons. The second-order valence-corrected chi connectivity index (χ2v) is 13.9. The Morgan fingerprint density at radius 2 is 1.45 bits per heavy atom. The monoisotopic (exact) mass is 578 g/mol. The second-order valence-electron chi connectivity index (χ2n) is 10.4. The molecule has 0 fully saturated rings. The molecule has 2 aromatic carbocycles. The molecule has 1 amide bonds. The smallest absolute Gasteiger partial charge is 0.298 e. The number of amides is 1. The molecule has 0 spiro atoms. The van der Waals surface area contributed by atoms with Gasteiger partial charge in [0.15, 0.2) is 0 Å². The Hall–Kier alpha value is -3.00. The molecule has 0 aliphatic heterocycles. The predicted octanol–water partition coefficient (Wildman–Crippen LogP) is 4.92. The first-order chi connectivity index (χ1) is 17.2. The lowest BCUT2D eigenvalue weighted by Crippen LogP contribution is -2.40. The van der Waals surface area contributed by atoms with Crippen LogP contribution in [0.3, 0.4) is 0 Å². The summed E-state index contributed by atoms with van der Waals surface area (Å²) in [6.07, 6.45) is -4.38. The van der Waals surface area contributed by atoms with Crippen LogP contribution in [-0.4, -0.2) is 34.7 Å². The van der Waals surface area contributed by atoms with Crippen molar-refractivity contribution < 1.29 is 34.8 Å². The van der Waals surface area contributed by atoms with Crippen LogP contribution in [0.1, 0.15) is 45.2 Å². The van der Waals surface area contributed by atoms with Gasteiger partial charge in [-0.2, -0.15) is 13.2 Å². The third-order valence-corrected chi connectivity index (χ3v) is 8.32. The van der Waals surface area contributed by atoms with E-state index < -0.39 is 32.1 Å². The Kier molecular flexibility index (Phi) is 9.36. The Morgan fingerprint density at radius 3 is 1.97 bits per heavy atom. The van der Waals surface area contributed by atoms with E-state index >= 15 is 0 Å². The first-order valence-electron chi connectivity index (χ1n) is 11.6. The molecule has 1 atom stereocenters. The molecular formula is C24H33F3N4O5S2. The molecule has 0 saturated heterocycles. The third-order valence-electron chi connectivity index (χ3n) is 5.26. The lowest BCUT2D eigenvalue weighted by atomic mass is 9.86. The summed E-state index contributed by atoms with van der Waals surface area (Å²) in [7, 11) is -7.93. The van der Waals surface area contributed by atoms with Crippen LogP contribution in [0.25, 0.3) is 0 Å². The van der Waals surface area contributed by atoms with Crippen LogP contribution in [0.2, 0.25) is 0 Å². The standard InChI is InChI=1S/C24H33F3N4O5S2/c1-15(13-23(4,5)6)14-37(33,34)31-20-12-21(17(3)11-16(20)2)38(35,36)30-19-9-7-18(8-10-19)28-29-22(32)24(25,26)27/h7-12,15,28,30-31H,13-14H2,1-6H3,(H,29,32). The van der Waals surface area contributed by atoms with Gasteiger partial charge in [0, 0.05) is 5.69 Å². The first kappa shape index (κ1) is 31.2. The maximum atomic E-state index is 13.1. The molecule has 0 aliphatic carbocycles. The number of halogens is 3. The summed E-state index contributed by atoms with van der Waals surface area (Å²) >= 11 is 0. The van der Waals surface area contributed by atoms with Gasteiger partial charge in [-0.1, -0.05) is 33.8 Å². The number of nitrogens with one attached hydrogen (secondary N) is 4. The highest BCUT2D eigenvalue weighted by atomic mass is 32.2. The number of carbonyl (C=O) groups is 1. The van der Waals surface area contributed by atoms with Crippen molar-refractivity contribution in [1.82, 2.24) is 5.43 Å². The van der Waals surface area contributed by atoms with E-state index in [0.29, 0.717) is 17.5 Å². The van der Waals surface area contributed by atoms with Crippen LogP contribution in [0.5, 0.6) is 0 Å². The molecule has 2 rings (SSSR count). The van der Waals surface area contributed by atoms with E-state index in [1.54, 1.807) is 19.9 Å². The second kappa shape index (κ2) is 11.4. The molecule has 0 radical (unpaired) electrons. The van der Waals surface area contributed by atoms with Crippen LogP contribution in [0.15, 0.2) is 41.3 Å². The molecular weight excluding hydrogens is 545 g/mol. The Balaban J connectivity index is 2.20. The zero-order chi connectivity index (χ0) is 29.1. The number of hydrogen-bond donors (Lipinski definition) is 4. The molecule has 4 N–H and O–H groups in total. The van der Waals surface area contributed by atoms with E-state index in [4.69, 9.17) is 0 Å². The summed E-state index contributed by atoms with van der Waals surface area (Å²) in [5.74, 6) is -2.43. The quantitative estimate of drug-likeness (QED) is 0.296. The molecule has 0 bridgehead atoms. The molecule has 2 aromatic rings. The zero-order valence-corrected chi connectivity index (χ0v) is 23.6. The van der Waals surface area contributed by atoms with Crippen molar-refractivity contribution in [3.8, 4) is 0 Å². The van der Waals surface area contributed by atoms with Crippen molar-refractivity contribution in [3.05, 3.63) is 47.5 Å². The minimum Gasteiger partial charge on any atom is -0.298 e. The summed E-state index contributed by atoms with van der Waals surface area (Å²) in [5.41, 5.74) is 4.75. The average molecular weight is 579 g/mol. The van der Waals surface area contributed by atoms with Gasteiger partial charge < -0.3 is 0 Å². The number of benzene rings is 2. The van der Waals surface area contributed by atoms with Crippen molar-refractivity contribution in [3.63, 3.8) is 0 Å². The summed E-state index contributed by atoms with van der Waals surface area (Å²) in [6.45, 7) is 11.1. The topological polar surface area (TPSA) is 133 Å². The fraction of sp³-hybridized carbons (Fsp3) is 0.458. The van der Waals surface area contributed by atoms with Crippen molar-refractivity contribution in [2.45, 2.75) is 59.0 Å². The molecule has 0 aromatic heterocycles. The van der Waals surface area contributed by atoms with Crippen molar-refractivity contribution in [2.75, 3.05) is 20.6 Å². The Morgan fingerprint density at radius 1 is 0.895 bits per heavy atom. The van der Waals surface area contributed by atoms with Gasteiger partial charge >= 0.3 is 12.1 Å². The van der Waals surface area contributed by atoms with Crippen LogP contribution in [0, 0.1) is 25.2 Å². The highest BCUT2D eigenvalue weighted by Crippen LogP contribution is 2.29. The van der Waals surface area contributed by atoms with Gasteiger partial charge in [0.2, 0.25) is 10.0 Å². The molecule has 38 heavy (non-hydrogen) atoms. The molecule has 0 saturated carbocycles. The van der Waals surface area contributed by atoms with Gasteiger partial charge in [-0.05, 0) is 73.1 Å². The average Bonchev–Trinajstić information content (AvgIpc) is 2.71. The van der Waals surface area contributed by atoms with E-state index in [9.17, 15) is 34.8 Å². The molecule has 14 heteroatoms. The van der Waals surface area contributed by atoms with Gasteiger partial charge in [0.1, 0.15) is 0 Å². The number of aryl methyl sites for hydroxylation is 2. The summed E-state index contributed by atoms with van der Waals surface area (Å²) in [6, 6.07) is 7.89. The van der Waals surface area contributed by atoms with Crippen LogP contribution >= 0.6 is 0 Å². The summed E-state index contributed by atoms with van der Waals surface area (Å²) in [5, 5.41) is 0. The van der Waals surface area contributed by atoms with Crippen LogP contribution < -0.4 is 20.3 Å². The highest BCUT2D eigenvalue weighted by molar-refractivity contribution is 7.93.